The van der Waals surface area contributed by atoms with E-state index in [1.807, 2.05) is 0 Å². The average molecular weight is 386 g/mol. The van der Waals surface area contributed by atoms with Crippen LogP contribution in [0.3, 0.4) is 0 Å². The maximum atomic E-state index is 12.6. The predicted octanol–water partition coefficient (Wildman–Crippen LogP) is 2.64. The minimum absolute atomic E-state index is 0.0556. The van der Waals surface area contributed by atoms with E-state index in [1.54, 1.807) is 29.5 Å². The standard InChI is InChI=1S/C10H9F2IN2O4/c1-2-19-8(16)4-5-9(13)7(15(17)18)3-6(14-5)10(11)12/h3,10H,2,4H2,1H3. The van der Waals surface area contributed by atoms with Gasteiger partial charge in [0.15, 0.2) is 0 Å². The highest BCUT2D eigenvalue weighted by atomic mass is 127. The summed E-state index contributed by atoms with van der Waals surface area (Å²) in [5.41, 5.74) is -1.31. The van der Waals surface area contributed by atoms with Crippen LogP contribution >= 0.6 is 22.6 Å². The SMILES string of the molecule is CCOC(=O)Cc1nc(C(F)F)cc([N+](=O)[O-])c1I. The van der Waals surface area contributed by atoms with Gasteiger partial charge in [0.2, 0.25) is 0 Å². The molecule has 19 heavy (non-hydrogen) atoms. The van der Waals surface area contributed by atoms with Crippen molar-refractivity contribution in [2.24, 2.45) is 0 Å². The fourth-order valence-corrected chi connectivity index (χ4v) is 1.96. The molecule has 1 aromatic rings. The van der Waals surface area contributed by atoms with Crippen LogP contribution in [0, 0.1) is 13.7 Å². The smallest absolute Gasteiger partial charge is 0.311 e. The molecular weight excluding hydrogens is 377 g/mol. The lowest BCUT2D eigenvalue weighted by atomic mass is 10.2. The molecule has 0 N–H and O–H groups in total. The van der Waals surface area contributed by atoms with E-state index in [2.05, 4.69) is 9.72 Å². The summed E-state index contributed by atoms with van der Waals surface area (Å²) in [6, 6.07) is 0.709. The number of ether oxygens (including phenoxy) is 1. The third-order valence-corrected chi connectivity index (χ3v) is 3.24. The number of halogens is 3. The van der Waals surface area contributed by atoms with E-state index in [1.165, 1.54) is 0 Å². The van der Waals surface area contributed by atoms with E-state index in [0.29, 0.717) is 6.07 Å². The van der Waals surface area contributed by atoms with E-state index >= 15 is 0 Å². The van der Waals surface area contributed by atoms with E-state index in [0.717, 1.165) is 0 Å². The number of nitrogens with zero attached hydrogens (tertiary/aromatic N) is 2. The van der Waals surface area contributed by atoms with Gasteiger partial charge in [0, 0.05) is 6.07 Å². The summed E-state index contributed by atoms with van der Waals surface area (Å²) in [5, 5.41) is 10.8. The van der Waals surface area contributed by atoms with Crippen molar-refractivity contribution in [1.29, 1.82) is 0 Å². The molecule has 6 nitrogen and oxygen atoms in total. The van der Waals surface area contributed by atoms with Gasteiger partial charge < -0.3 is 4.74 Å². The van der Waals surface area contributed by atoms with Gasteiger partial charge in [-0.05, 0) is 29.5 Å². The summed E-state index contributed by atoms with van der Waals surface area (Å²) < 4.78 is 29.9. The summed E-state index contributed by atoms with van der Waals surface area (Å²) in [7, 11) is 0. The van der Waals surface area contributed by atoms with E-state index in [4.69, 9.17) is 0 Å². The zero-order chi connectivity index (χ0) is 14.6. The van der Waals surface area contributed by atoms with Gasteiger partial charge in [-0.1, -0.05) is 0 Å². The van der Waals surface area contributed by atoms with Crippen LogP contribution in [0.1, 0.15) is 24.7 Å². The van der Waals surface area contributed by atoms with Gasteiger partial charge in [-0.2, -0.15) is 0 Å². The lowest BCUT2D eigenvalue weighted by Gasteiger charge is -2.07. The lowest BCUT2D eigenvalue weighted by Crippen LogP contribution is -2.12. The Bertz CT molecular complexity index is 511. The van der Waals surface area contributed by atoms with Crippen molar-refractivity contribution in [1.82, 2.24) is 4.98 Å². The second-order valence-corrected chi connectivity index (χ2v) is 4.45. The molecule has 0 aliphatic rings. The number of aromatic nitrogens is 1. The molecule has 0 aliphatic heterocycles. The lowest BCUT2D eigenvalue weighted by molar-refractivity contribution is -0.386. The Balaban J connectivity index is 3.21. The fourth-order valence-electron chi connectivity index (χ4n) is 1.30. The highest BCUT2D eigenvalue weighted by molar-refractivity contribution is 14.1. The van der Waals surface area contributed by atoms with E-state index < -0.39 is 28.7 Å². The fraction of sp³-hybridized carbons (Fsp3) is 0.400. The van der Waals surface area contributed by atoms with Crippen molar-refractivity contribution in [3.05, 3.63) is 31.1 Å². The van der Waals surface area contributed by atoms with Crippen LogP contribution < -0.4 is 0 Å². The number of hydrogen-bond donors (Lipinski definition) is 0. The molecule has 0 amide bonds. The van der Waals surface area contributed by atoms with Crippen LogP contribution in [0.15, 0.2) is 6.07 Å². The quantitative estimate of drug-likeness (QED) is 0.336. The largest absolute Gasteiger partial charge is 0.466 e. The number of hydrogen-bond acceptors (Lipinski definition) is 5. The molecule has 1 heterocycles. The highest BCUT2D eigenvalue weighted by Gasteiger charge is 2.24. The molecule has 0 unspecified atom stereocenters. The Kier molecular flexibility index (Phi) is 5.51. The van der Waals surface area contributed by atoms with Crippen LogP contribution in [0.5, 0.6) is 0 Å². The zero-order valence-corrected chi connectivity index (χ0v) is 11.9. The normalized spacial score (nSPS) is 10.6. The predicted molar refractivity (Wildman–Crippen MR) is 68.9 cm³/mol. The molecule has 0 radical (unpaired) electrons. The monoisotopic (exact) mass is 386 g/mol. The number of nitro groups is 1. The molecule has 1 rings (SSSR count). The zero-order valence-electron chi connectivity index (χ0n) is 9.73. The second-order valence-electron chi connectivity index (χ2n) is 3.37. The molecule has 0 spiro atoms. The van der Waals surface area contributed by atoms with Gasteiger partial charge in [-0.25, -0.2) is 13.8 Å². The number of pyridine rings is 1. The molecule has 0 saturated carbocycles. The molecule has 0 saturated heterocycles. The average Bonchev–Trinajstić information content (AvgIpc) is 2.31. The first-order valence-corrected chi connectivity index (χ1v) is 6.22. The number of carbonyl (C=O) groups excluding carboxylic acids is 1. The van der Waals surface area contributed by atoms with Crippen LogP contribution in [-0.4, -0.2) is 22.5 Å². The molecule has 0 atom stereocenters. The molecular formula is C10H9F2IN2O4. The van der Waals surface area contributed by atoms with Crippen LogP contribution in [0.25, 0.3) is 0 Å². The summed E-state index contributed by atoms with van der Waals surface area (Å²) in [4.78, 5) is 24.9. The van der Waals surface area contributed by atoms with E-state index in [9.17, 15) is 23.7 Å². The van der Waals surface area contributed by atoms with E-state index in [-0.39, 0.29) is 22.3 Å². The van der Waals surface area contributed by atoms with Crippen molar-refractivity contribution >= 4 is 34.2 Å². The van der Waals surface area contributed by atoms with Gasteiger partial charge in [0.25, 0.3) is 12.1 Å². The molecule has 9 heteroatoms. The summed E-state index contributed by atoms with van der Waals surface area (Å²) in [5.74, 6) is -0.673. The first-order valence-electron chi connectivity index (χ1n) is 5.14. The molecule has 104 valence electrons. The number of rotatable bonds is 5. The summed E-state index contributed by atoms with van der Waals surface area (Å²) >= 11 is 1.60. The van der Waals surface area contributed by atoms with Crippen LogP contribution in [0.4, 0.5) is 14.5 Å². The van der Waals surface area contributed by atoms with Crippen molar-refractivity contribution in [3.63, 3.8) is 0 Å². The Morgan fingerprint density at radius 2 is 2.26 bits per heavy atom. The molecule has 0 aromatic carbocycles. The highest BCUT2D eigenvalue weighted by Crippen LogP contribution is 2.28. The van der Waals surface area contributed by atoms with Crippen LogP contribution in [0.2, 0.25) is 0 Å². The molecule has 1 aromatic heterocycles. The van der Waals surface area contributed by atoms with Crippen molar-refractivity contribution in [2.75, 3.05) is 6.61 Å². The Morgan fingerprint density at radius 1 is 1.63 bits per heavy atom. The van der Waals surface area contributed by atoms with Gasteiger partial charge in [-0.3, -0.25) is 14.9 Å². The summed E-state index contributed by atoms with van der Waals surface area (Å²) in [6.45, 7) is 1.72. The topological polar surface area (TPSA) is 82.3 Å². The maximum Gasteiger partial charge on any atom is 0.311 e. The van der Waals surface area contributed by atoms with Gasteiger partial charge in [0.05, 0.1) is 23.6 Å². The second kappa shape index (κ2) is 6.68. The molecule has 0 aliphatic carbocycles. The third-order valence-electron chi connectivity index (χ3n) is 2.06. The first kappa shape index (κ1) is 15.7. The van der Waals surface area contributed by atoms with Crippen molar-refractivity contribution < 1.29 is 23.2 Å². The summed E-state index contributed by atoms with van der Waals surface area (Å²) in [6.07, 6.45) is -3.33. The van der Waals surface area contributed by atoms with Crippen LogP contribution in [-0.2, 0) is 16.0 Å². The van der Waals surface area contributed by atoms with Crippen molar-refractivity contribution in [3.8, 4) is 0 Å². The van der Waals surface area contributed by atoms with Crippen molar-refractivity contribution in [2.45, 2.75) is 19.8 Å². The van der Waals surface area contributed by atoms with Gasteiger partial charge in [-0.15, -0.1) is 0 Å². The Labute approximate surface area is 120 Å². The minimum atomic E-state index is -2.95. The van der Waals surface area contributed by atoms with Gasteiger partial charge in [0.1, 0.15) is 9.26 Å². The Morgan fingerprint density at radius 3 is 2.74 bits per heavy atom. The molecule has 0 fully saturated rings. The maximum absolute atomic E-state index is 12.6. The Hall–Kier alpha value is -1.39. The minimum Gasteiger partial charge on any atom is -0.466 e. The number of carbonyl (C=O) groups is 1. The number of esters is 1. The third kappa shape index (κ3) is 4.04. The first-order chi connectivity index (χ1) is 8.86. The van der Waals surface area contributed by atoms with Gasteiger partial charge >= 0.3 is 5.97 Å². The number of alkyl halides is 2. The molecule has 0 bridgehead atoms.